The number of amides is 2. The Kier molecular flexibility index (Phi) is 5.39. The van der Waals surface area contributed by atoms with Crippen LogP contribution in [-0.4, -0.2) is 21.4 Å². The molecule has 0 aliphatic rings. The first kappa shape index (κ1) is 18.9. The molecule has 0 aliphatic heterocycles. The summed E-state index contributed by atoms with van der Waals surface area (Å²) in [7, 11) is 0. The van der Waals surface area contributed by atoms with E-state index in [2.05, 4.69) is 28.4 Å². The monoisotopic (exact) mass is 404 g/mol. The zero-order valence-corrected chi connectivity index (χ0v) is 16.7. The summed E-state index contributed by atoms with van der Waals surface area (Å²) in [6, 6.07) is 20.4. The number of aryl methyl sites for hydroxylation is 1. The Balaban J connectivity index is 1.52. The smallest absolute Gasteiger partial charge is 0.279 e. The molecule has 2 N–H and O–H groups in total. The van der Waals surface area contributed by atoms with E-state index in [1.165, 1.54) is 11.3 Å². The van der Waals surface area contributed by atoms with Gasteiger partial charge >= 0.3 is 0 Å². The summed E-state index contributed by atoms with van der Waals surface area (Å²) in [5.41, 5.74) is 7.42. The van der Waals surface area contributed by atoms with Crippen LogP contribution in [0.5, 0.6) is 0 Å². The molecule has 0 bridgehead atoms. The van der Waals surface area contributed by atoms with E-state index in [9.17, 15) is 9.59 Å². The summed E-state index contributed by atoms with van der Waals surface area (Å²) in [6.07, 6.45) is 0.984. The van der Waals surface area contributed by atoms with E-state index in [1.54, 1.807) is 30.3 Å². The third kappa shape index (κ3) is 3.90. The van der Waals surface area contributed by atoms with Gasteiger partial charge in [-0.1, -0.05) is 37.3 Å². The fourth-order valence-electron chi connectivity index (χ4n) is 3.13. The number of carbonyl (C=O) groups excluding carboxylic acids is 2. The molecule has 0 fully saturated rings. The summed E-state index contributed by atoms with van der Waals surface area (Å²) in [6.45, 7) is 2.98. The molecule has 29 heavy (non-hydrogen) atoms. The maximum atomic E-state index is 12.5. The number of fused-ring (bicyclic) bond motifs is 1. The first-order valence-corrected chi connectivity index (χ1v) is 10.2. The van der Waals surface area contributed by atoms with Crippen LogP contribution in [0.25, 0.3) is 21.7 Å². The van der Waals surface area contributed by atoms with Crippen molar-refractivity contribution in [2.45, 2.75) is 19.9 Å². The summed E-state index contributed by atoms with van der Waals surface area (Å²) in [5.74, 6) is 0.134. The summed E-state index contributed by atoms with van der Waals surface area (Å²) in [4.78, 5) is 30.7. The Morgan fingerprint density at radius 3 is 2.45 bits per heavy atom. The fraction of sp³-hybridized carbons (Fsp3) is 0.136. The highest BCUT2D eigenvalue weighted by molar-refractivity contribution is 7.17. The van der Waals surface area contributed by atoms with Crippen LogP contribution in [0.15, 0.2) is 66.7 Å². The molecule has 2 amide bonds. The Morgan fingerprint density at radius 2 is 1.66 bits per heavy atom. The highest BCUT2D eigenvalue weighted by atomic mass is 32.1. The van der Waals surface area contributed by atoms with E-state index < -0.39 is 0 Å². The van der Waals surface area contributed by atoms with Crippen molar-refractivity contribution in [2.24, 2.45) is 0 Å². The summed E-state index contributed by atoms with van der Waals surface area (Å²) < 4.78 is 2.18. The number of benzene rings is 2. The van der Waals surface area contributed by atoms with E-state index in [4.69, 9.17) is 4.98 Å². The Morgan fingerprint density at radius 1 is 0.931 bits per heavy atom. The Bertz CT molecular complexity index is 1160. The Labute approximate surface area is 172 Å². The topological polar surface area (TPSA) is 76.0 Å². The molecule has 0 spiro atoms. The second-order valence-electron chi connectivity index (χ2n) is 6.51. The number of imidazole rings is 1. The SMILES string of the molecule is CCCn1c(-c2ccc(C(=O)NNC(=O)c3ccccc3)s2)nc2ccccc21. The van der Waals surface area contributed by atoms with Crippen LogP contribution in [0.3, 0.4) is 0 Å². The minimum Gasteiger partial charge on any atom is -0.323 e. The zero-order chi connectivity index (χ0) is 20.2. The molecule has 0 unspecified atom stereocenters. The van der Waals surface area contributed by atoms with Crippen molar-refractivity contribution in [3.8, 4) is 10.7 Å². The molecule has 0 saturated carbocycles. The molecule has 7 heteroatoms. The number of rotatable bonds is 5. The molecular formula is C22H20N4O2S. The van der Waals surface area contributed by atoms with Gasteiger partial charge in [-0.2, -0.15) is 0 Å². The van der Waals surface area contributed by atoms with E-state index in [0.29, 0.717) is 10.4 Å². The number of carbonyl (C=O) groups is 2. The maximum Gasteiger partial charge on any atom is 0.279 e. The summed E-state index contributed by atoms with van der Waals surface area (Å²) >= 11 is 1.35. The molecule has 6 nitrogen and oxygen atoms in total. The number of hydrogen-bond donors (Lipinski definition) is 2. The van der Waals surface area contributed by atoms with E-state index in [0.717, 1.165) is 34.7 Å². The zero-order valence-electron chi connectivity index (χ0n) is 15.9. The van der Waals surface area contributed by atoms with E-state index in [-0.39, 0.29) is 11.8 Å². The van der Waals surface area contributed by atoms with Crippen LogP contribution in [0.4, 0.5) is 0 Å². The van der Waals surface area contributed by atoms with Gasteiger partial charge in [-0.05, 0) is 42.8 Å². The maximum absolute atomic E-state index is 12.5. The molecule has 0 atom stereocenters. The van der Waals surface area contributed by atoms with E-state index in [1.807, 2.05) is 30.3 Å². The second kappa shape index (κ2) is 8.28. The number of hydrogen-bond acceptors (Lipinski definition) is 4. The minimum absolute atomic E-state index is 0.358. The molecule has 2 heterocycles. The van der Waals surface area contributed by atoms with Crippen molar-refractivity contribution in [1.82, 2.24) is 20.4 Å². The van der Waals surface area contributed by atoms with Gasteiger partial charge in [-0.25, -0.2) is 4.98 Å². The number of nitrogens with one attached hydrogen (secondary N) is 2. The predicted molar refractivity (Wildman–Crippen MR) is 115 cm³/mol. The molecule has 4 aromatic rings. The highest BCUT2D eigenvalue weighted by Crippen LogP contribution is 2.30. The van der Waals surface area contributed by atoms with Gasteiger partial charge in [0, 0.05) is 12.1 Å². The van der Waals surface area contributed by atoms with Crippen LogP contribution in [-0.2, 0) is 6.54 Å². The number of para-hydroxylation sites is 2. The van der Waals surface area contributed by atoms with Gasteiger partial charge in [0.05, 0.1) is 20.8 Å². The number of aromatic nitrogens is 2. The largest absolute Gasteiger partial charge is 0.323 e. The number of nitrogens with zero attached hydrogens (tertiary/aromatic N) is 2. The first-order valence-electron chi connectivity index (χ1n) is 9.38. The van der Waals surface area contributed by atoms with Crippen LogP contribution in [0.1, 0.15) is 33.4 Å². The van der Waals surface area contributed by atoms with Crippen molar-refractivity contribution in [3.05, 3.63) is 77.2 Å². The molecule has 146 valence electrons. The molecule has 0 radical (unpaired) electrons. The lowest BCUT2D eigenvalue weighted by molar-refractivity contribution is 0.0849. The van der Waals surface area contributed by atoms with Crippen molar-refractivity contribution >= 4 is 34.2 Å². The fourth-order valence-corrected chi connectivity index (χ4v) is 4.03. The lowest BCUT2D eigenvalue weighted by Gasteiger charge is -2.06. The minimum atomic E-state index is -0.361. The predicted octanol–water partition coefficient (Wildman–Crippen LogP) is 4.25. The van der Waals surface area contributed by atoms with Gasteiger partial charge in [0.15, 0.2) is 5.82 Å². The van der Waals surface area contributed by atoms with Crippen LogP contribution >= 0.6 is 11.3 Å². The average molecular weight is 404 g/mol. The molecule has 4 rings (SSSR count). The average Bonchev–Trinajstić information content (AvgIpc) is 3.38. The first-order chi connectivity index (χ1) is 14.2. The third-order valence-electron chi connectivity index (χ3n) is 4.48. The quantitative estimate of drug-likeness (QED) is 0.488. The number of hydrazine groups is 1. The van der Waals surface area contributed by atoms with Gasteiger partial charge in [-0.3, -0.25) is 20.4 Å². The van der Waals surface area contributed by atoms with E-state index >= 15 is 0 Å². The third-order valence-corrected chi connectivity index (χ3v) is 5.56. The second-order valence-corrected chi connectivity index (χ2v) is 7.60. The Hall–Kier alpha value is -3.45. The van der Waals surface area contributed by atoms with Crippen molar-refractivity contribution in [2.75, 3.05) is 0 Å². The van der Waals surface area contributed by atoms with Gasteiger partial charge in [0.25, 0.3) is 11.8 Å². The normalized spacial score (nSPS) is 10.8. The molecule has 2 aromatic heterocycles. The lowest BCUT2D eigenvalue weighted by Crippen LogP contribution is -2.41. The van der Waals surface area contributed by atoms with Gasteiger partial charge < -0.3 is 4.57 Å². The summed E-state index contributed by atoms with van der Waals surface area (Å²) in [5, 5.41) is 0. The lowest BCUT2D eigenvalue weighted by atomic mass is 10.2. The number of thiophene rings is 1. The highest BCUT2D eigenvalue weighted by Gasteiger charge is 2.17. The molecule has 0 saturated heterocycles. The van der Waals surface area contributed by atoms with Gasteiger partial charge in [0.1, 0.15) is 0 Å². The van der Waals surface area contributed by atoms with Gasteiger partial charge in [0.2, 0.25) is 0 Å². The standard InChI is InChI=1S/C22H20N4O2S/c1-2-14-26-17-11-7-6-10-16(17)23-20(26)18-12-13-19(29-18)22(28)25-24-21(27)15-8-4-3-5-9-15/h3-13H,2,14H2,1H3,(H,24,27)(H,25,28). The van der Waals surface area contributed by atoms with Gasteiger partial charge in [-0.15, -0.1) is 11.3 Å². The van der Waals surface area contributed by atoms with Crippen molar-refractivity contribution < 1.29 is 9.59 Å². The van der Waals surface area contributed by atoms with Crippen LogP contribution in [0.2, 0.25) is 0 Å². The van der Waals surface area contributed by atoms with Crippen LogP contribution in [0, 0.1) is 0 Å². The molecular weight excluding hydrogens is 384 g/mol. The molecule has 0 aliphatic carbocycles. The van der Waals surface area contributed by atoms with Crippen molar-refractivity contribution in [3.63, 3.8) is 0 Å². The molecule has 2 aromatic carbocycles. The van der Waals surface area contributed by atoms with Crippen LogP contribution < -0.4 is 10.9 Å². The van der Waals surface area contributed by atoms with Crippen molar-refractivity contribution in [1.29, 1.82) is 0 Å².